The van der Waals surface area contributed by atoms with Crippen LogP contribution >= 0.6 is 0 Å². The van der Waals surface area contributed by atoms with Crippen molar-refractivity contribution in [3.05, 3.63) is 28.7 Å². The molecule has 2 aromatic rings. The molecule has 4 atom stereocenters. The SMILES string of the molecule is O=c1[nH]cnc2c1c(F)cn2C1OC(CO)[C@@H](O)[C@H]1O. The van der Waals surface area contributed by atoms with Crippen LogP contribution in [0.4, 0.5) is 4.39 Å². The van der Waals surface area contributed by atoms with E-state index in [1.165, 1.54) is 0 Å². The normalized spacial score (nSPS) is 30.2. The van der Waals surface area contributed by atoms with E-state index < -0.39 is 42.5 Å². The number of halogens is 1. The van der Waals surface area contributed by atoms with Crippen LogP contribution in [0, 0.1) is 5.82 Å². The van der Waals surface area contributed by atoms with E-state index in [0.717, 1.165) is 17.1 Å². The Morgan fingerprint density at radius 2 is 2.20 bits per heavy atom. The summed E-state index contributed by atoms with van der Waals surface area (Å²) in [5, 5.41) is 28.4. The molecule has 1 aliphatic rings. The van der Waals surface area contributed by atoms with Gasteiger partial charge in [0.15, 0.2) is 17.7 Å². The zero-order valence-corrected chi connectivity index (χ0v) is 10.1. The summed E-state index contributed by atoms with van der Waals surface area (Å²) in [4.78, 5) is 17.6. The maximum atomic E-state index is 13.8. The standard InChI is InChI=1S/C11H12FN3O5/c12-4-1-15(9-6(4)10(19)14-3-13-9)11-8(18)7(17)5(2-16)20-11/h1,3,5,7-8,11,16-18H,2H2,(H,13,14,19)/t5?,7-,8-,11?/m1/s1. The average Bonchev–Trinajstić information content (AvgIpc) is 2.90. The first kappa shape index (κ1) is 13.2. The maximum absolute atomic E-state index is 13.8. The van der Waals surface area contributed by atoms with Crippen molar-refractivity contribution in [1.82, 2.24) is 14.5 Å². The van der Waals surface area contributed by atoms with Gasteiger partial charge in [-0.3, -0.25) is 4.79 Å². The lowest BCUT2D eigenvalue weighted by Crippen LogP contribution is -2.33. The quantitative estimate of drug-likeness (QED) is 0.531. The molecule has 0 amide bonds. The van der Waals surface area contributed by atoms with Gasteiger partial charge in [-0.15, -0.1) is 0 Å². The van der Waals surface area contributed by atoms with Crippen LogP contribution in [0.15, 0.2) is 17.3 Å². The van der Waals surface area contributed by atoms with Crippen molar-refractivity contribution in [1.29, 1.82) is 0 Å². The van der Waals surface area contributed by atoms with Crippen molar-refractivity contribution in [3.8, 4) is 0 Å². The minimum atomic E-state index is -1.37. The molecule has 0 spiro atoms. The number of hydrogen-bond donors (Lipinski definition) is 4. The fourth-order valence-electron chi connectivity index (χ4n) is 2.35. The molecular formula is C11H12FN3O5. The average molecular weight is 285 g/mol. The molecule has 8 nitrogen and oxygen atoms in total. The molecule has 2 unspecified atom stereocenters. The van der Waals surface area contributed by atoms with Crippen molar-refractivity contribution in [3.63, 3.8) is 0 Å². The molecule has 0 aliphatic carbocycles. The third-order valence-electron chi connectivity index (χ3n) is 3.36. The van der Waals surface area contributed by atoms with Crippen LogP contribution in [0.25, 0.3) is 11.0 Å². The highest BCUT2D eigenvalue weighted by Gasteiger charge is 2.44. The summed E-state index contributed by atoms with van der Waals surface area (Å²) >= 11 is 0. The van der Waals surface area contributed by atoms with Crippen LogP contribution < -0.4 is 5.56 Å². The van der Waals surface area contributed by atoms with Crippen LogP contribution in [-0.4, -0.2) is 54.8 Å². The predicted molar refractivity (Wildman–Crippen MR) is 63.3 cm³/mol. The number of nitrogens with one attached hydrogen (secondary N) is 1. The first-order valence-electron chi connectivity index (χ1n) is 5.90. The molecular weight excluding hydrogens is 273 g/mol. The van der Waals surface area contributed by atoms with Gasteiger partial charge in [-0.1, -0.05) is 0 Å². The molecule has 0 bridgehead atoms. The van der Waals surface area contributed by atoms with E-state index in [-0.39, 0.29) is 11.0 Å². The molecule has 20 heavy (non-hydrogen) atoms. The largest absolute Gasteiger partial charge is 0.394 e. The van der Waals surface area contributed by atoms with E-state index in [0.29, 0.717) is 0 Å². The molecule has 4 N–H and O–H groups in total. The summed E-state index contributed by atoms with van der Waals surface area (Å²) in [5.41, 5.74) is -0.668. The Bertz CT molecular complexity index is 699. The smallest absolute Gasteiger partial charge is 0.263 e. The van der Waals surface area contributed by atoms with Gasteiger partial charge in [-0.25, -0.2) is 9.37 Å². The number of ether oxygens (including phenoxy) is 1. The number of nitrogens with zero attached hydrogens (tertiary/aromatic N) is 2. The third kappa shape index (κ3) is 1.75. The number of H-pyrrole nitrogens is 1. The second-order valence-corrected chi connectivity index (χ2v) is 4.54. The van der Waals surface area contributed by atoms with E-state index in [1.807, 2.05) is 0 Å². The first-order chi connectivity index (χ1) is 9.54. The second-order valence-electron chi connectivity index (χ2n) is 4.54. The van der Waals surface area contributed by atoms with E-state index in [2.05, 4.69) is 9.97 Å². The number of aromatic amines is 1. The Morgan fingerprint density at radius 3 is 2.85 bits per heavy atom. The zero-order valence-electron chi connectivity index (χ0n) is 10.1. The third-order valence-corrected chi connectivity index (χ3v) is 3.36. The number of aliphatic hydroxyl groups is 3. The van der Waals surface area contributed by atoms with Crippen molar-refractivity contribution in [2.24, 2.45) is 0 Å². The van der Waals surface area contributed by atoms with Crippen LogP contribution in [-0.2, 0) is 4.74 Å². The summed E-state index contributed by atoms with van der Waals surface area (Å²) in [6.07, 6.45) is -2.74. The molecule has 1 fully saturated rings. The fourth-order valence-corrected chi connectivity index (χ4v) is 2.35. The molecule has 0 radical (unpaired) electrons. The summed E-state index contributed by atoms with van der Waals surface area (Å²) in [6, 6.07) is 0. The number of aliphatic hydroxyl groups excluding tert-OH is 3. The van der Waals surface area contributed by atoms with E-state index in [1.54, 1.807) is 0 Å². The Labute approximate surface area is 111 Å². The van der Waals surface area contributed by atoms with Crippen molar-refractivity contribution in [2.45, 2.75) is 24.5 Å². The first-order valence-corrected chi connectivity index (χ1v) is 5.90. The van der Waals surface area contributed by atoms with Gasteiger partial charge in [0.25, 0.3) is 5.56 Å². The summed E-state index contributed by atoms with van der Waals surface area (Å²) in [5.74, 6) is -0.813. The molecule has 108 valence electrons. The fraction of sp³-hybridized carbons (Fsp3) is 0.455. The molecule has 0 saturated carbocycles. The highest BCUT2D eigenvalue weighted by atomic mass is 19.1. The van der Waals surface area contributed by atoms with Gasteiger partial charge >= 0.3 is 0 Å². The summed E-state index contributed by atoms with van der Waals surface area (Å²) < 4.78 is 20.2. The maximum Gasteiger partial charge on any atom is 0.263 e. The van der Waals surface area contributed by atoms with Crippen molar-refractivity contribution >= 4 is 11.0 Å². The van der Waals surface area contributed by atoms with Gasteiger partial charge < -0.3 is 29.6 Å². The van der Waals surface area contributed by atoms with Crippen LogP contribution in [0.5, 0.6) is 0 Å². The van der Waals surface area contributed by atoms with Crippen molar-refractivity contribution in [2.75, 3.05) is 6.61 Å². The minimum Gasteiger partial charge on any atom is -0.394 e. The second kappa shape index (κ2) is 4.63. The number of fused-ring (bicyclic) bond motifs is 1. The summed E-state index contributed by atoms with van der Waals surface area (Å²) in [7, 11) is 0. The van der Waals surface area contributed by atoms with Gasteiger partial charge in [0.2, 0.25) is 0 Å². The van der Waals surface area contributed by atoms with Crippen LogP contribution in [0.2, 0.25) is 0 Å². The zero-order chi connectivity index (χ0) is 14.4. The Hall–Kier alpha value is -1.81. The Morgan fingerprint density at radius 1 is 1.45 bits per heavy atom. The van der Waals surface area contributed by atoms with Gasteiger partial charge in [0.05, 0.1) is 12.9 Å². The summed E-state index contributed by atoms with van der Waals surface area (Å²) in [6.45, 7) is -0.496. The molecule has 3 rings (SSSR count). The van der Waals surface area contributed by atoms with Gasteiger partial charge in [-0.2, -0.15) is 0 Å². The highest BCUT2D eigenvalue weighted by Crippen LogP contribution is 2.31. The molecule has 1 aliphatic heterocycles. The van der Waals surface area contributed by atoms with Crippen molar-refractivity contribution < 1.29 is 24.4 Å². The van der Waals surface area contributed by atoms with Gasteiger partial charge in [-0.05, 0) is 0 Å². The Kier molecular flexibility index (Phi) is 3.05. The number of aromatic nitrogens is 3. The van der Waals surface area contributed by atoms with E-state index >= 15 is 0 Å². The molecule has 3 heterocycles. The van der Waals surface area contributed by atoms with Crippen LogP contribution in [0.1, 0.15) is 6.23 Å². The van der Waals surface area contributed by atoms with E-state index in [9.17, 15) is 19.4 Å². The lowest BCUT2D eigenvalue weighted by Gasteiger charge is -2.16. The van der Waals surface area contributed by atoms with Gasteiger partial charge in [0.1, 0.15) is 23.7 Å². The Balaban J connectivity index is 2.12. The number of rotatable bonds is 2. The molecule has 0 aromatic carbocycles. The number of hydrogen-bond acceptors (Lipinski definition) is 6. The predicted octanol–water partition coefficient (Wildman–Crippen LogP) is -1.52. The minimum absolute atomic E-state index is 0.0129. The lowest BCUT2D eigenvalue weighted by atomic mass is 10.1. The topological polar surface area (TPSA) is 121 Å². The van der Waals surface area contributed by atoms with E-state index in [4.69, 9.17) is 9.84 Å². The van der Waals surface area contributed by atoms with Gasteiger partial charge in [0, 0.05) is 6.20 Å². The highest BCUT2D eigenvalue weighted by molar-refractivity contribution is 5.75. The molecule has 9 heteroatoms. The lowest BCUT2D eigenvalue weighted by molar-refractivity contribution is -0.0510. The monoisotopic (exact) mass is 285 g/mol. The van der Waals surface area contributed by atoms with Crippen LogP contribution in [0.3, 0.4) is 0 Å². The molecule has 2 aromatic heterocycles. The molecule has 1 saturated heterocycles.